The van der Waals surface area contributed by atoms with E-state index in [4.69, 9.17) is 4.74 Å². The minimum atomic E-state index is 0.104. The van der Waals surface area contributed by atoms with Crippen molar-refractivity contribution in [2.45, 2.75) is 33.1 Å². The van der Waals surface area contributed by atoms with E-state index in [0.717, 1.165) is 51.5 Å². The van der Waals surface area contributed by atoms with E-state index < -0.39 is 0 Å². The predicted octanol–water partition coefficient (Wildman–Crippen LogP) is 1.54. The van der Waals surface area contributed by atoms with Crippen LogP contribution in [0.25, 0.3) is 0 Å². The Morgan fingerprint density at radius 2 is 2.00 bits per heavy atom. The maximum Gasteiger partial charge on any atom is 0.139 e. The molecule has 1 saturated carbocycles. The van der Waals surface area contributed by atoms with Crippen molar-refractivity contribution in [2.24, 2.45) is 10.4 Å². The summed E-state index contributed by atoms with van der Waals surface area (Å²) in [4.78, 5) is 18.7. The molecule has 0 atom stereocenters. The maximum absolute atomic E-state index is 11.6. The third-order valence-corrected chi connectivity index (χ3v) is 3.61. The molecule has 0 aromatic carbocycles. The average Bonchev–Trinajstić information content (AvgIpc) is 2.27. The highest BCUT2D eigenvalue weighted by atomic mass is 16.5. The summed E-state index contributed by atoms with van der Waals surface area (Å²) in [5, 5.41) is 0. The van der Waals surface area contributed by atoms with Gasteiger partial charge in [-0.3, -0.25) is 14.7 Å². The molecule has 4 heteroatoms. The molecular weight excluding hydrogens is 228 g/mol. The molecule has 0 N–H and O–H groups in total. The van der Waals surface area contributed by atoms with Crippen molar-refractivity contribution in [2.75, 3.05) is 39.4 Å². The molecule has 2 aliphatic rings. The Morgan fingerprint density at radius 3 is 2.67 bits per heavy atom. The van der Waals surface area contributed by atoms with Gasteiger partial charge in [0.1, 0.15) is 5.78 Å². The van der Waals surface area contributed by atoms with E-state index in [1.54, 1.807) is 0 Å². The minimum Gasteiger partial charge on any atom is -0.379 e. The van der Waals surface area contributed by atoms with Crippen molar-refractivity contribution in [3.8, 4) is 0 Å². The van der Waals surface area contributed by atoms with Gasteiger partial charge in [0, 0.05) is 38.2 Å². The van der Waals surface area contributed by atoms with Crippen LogP contribution in [-0.2, 0) is 9.53 Å². The summed E-state index contributed by atoms with van der Waals surface area (Å²) < 4.78 is 5.32. The van der Waals surface area contributed by atoms with Crippen LogP contribution in [0.4, 0.5) is 0 Å². The first-order valence-electron chi connectivity index (χ1n) is 6.89. The number of Topliss-reactive ketones (excluding diaryl/α,β-unsaturated/α-hetero) is 1. The zero-order chi connectivity index (χ0) is 13.0. The summed E-state index contributed by atoms with van der Waals surface area (Å²) in [7, 11) is 0. The van der Waals surface area contributed by atoms with Crippen molar-refractivity contribution in [3.63, 3.8) is 0 Å². The number of carbonyl (C=O) groups is 1. The number of morpholine rings is 1. The first-order valence-corrected chi connectivity index (χ1v) is 6.89. The van der Waals surface area contributed by atoms with E-state index in [0.29, 0.717) is 18.6 Å². The first-order chi connectivity index (χ1) is 8.55. The fraction of sp³-hybridized carbons (Fsp3) is 0.857. The van der Waals surface area contributed by atoms with Gasteiger partial charge in [0.05, 0.1) is 19.8 Å². The topological polar surface area (TPSA) is 41.9 Å². The summed E-state index contributed by atoms with van der Waals surface area (Å²) in [6, 6.07) is 0. The summed E-state index contributed by atoms with van der Waals surface area (Å²) >= 11 is 0. The molecule has 0 aromatic rings. The van der Waals surface area contributed by atoms with Gasteiger partial charge in [-0.15, -0.1) is 0 Å². The van der Waals surface area contributed by atoms with Crippen LogP contribution in [-0.4, -0.2) is 55.8 Å². The third kappa shape index (κ3) is 4.18. The maximum atomic E-state index is 11.6. The van der Waals surface area contributed by atoms with E-state index in [-0.39, 0.29) is 5.41 Å². The van der Waals surface area contributed by atoms with Crippen molar-refractivity contribution in [1.82, 2.24) is 4.90 Å². The first kappa shape index (κ1) is 13.7. The van der Waals surface area contributed by atoms with Crippen LogP contribution in [0.1, 0.15) is 33.1 Å². The lowest BCUT2D eigenvalue weighted by atomic mass is 9.76. The summed E-state index contributed by atoms with van der Waals surface area (Å²) in [5.41, 5.74) is 1.21. The molecule has 0 unspecified atom stereocenters. The van der Waals surface area contributed by atoms with Gasteiger partial charge in [0.15, 0.2) is 0 Å². The molecule has 0 bridgehead atoms. The second-order valence-electron chi connectivity index (χ2n) is 6.14. The number of aliphatic imine (C=N–C) groups is 1. The van der Waals surface area contributed by atoms with Gasteiger partial charge < -0.3 is 4.74 Å². The third-order valence-electron chi connectivity index (χ3n) is 3.61. The highest BCUT2D eigenvalue weighted by Crippen LogP contribution is 2.31. The molecule has 0 radical (unpaired) electrons. The number of ether oxygens (including phenoxy) is 1. The quantitative estimate of drug-likeness (QED) is 0.765. The second-order valence-corrected chi connectivity index (χ2v) is 6.14. The largest absolute Gasteiger partial charge is 0.379 e. The van der Waals surface area contributed by atoms with Gasteiger partial charge in [-0.2, -0.15) is 0 Å². The lowest BCUT2D eigenvalue weighted by Crippen LogP contribution is -2.38. The van der Waals surface area contributed by atoms with Gasteiger partial charge >= 0.3 is 0 Å². The van der Waals surface area contributed by atoms with Crippen molar-refractivity contribution >= 4 is 11.5 Å². The molecule has 0 aromatic heterocycles. The predicted molar refractivity (Wildman–Crippen MR) is 72.2 cm³/mol. The van der Waals surface area contributed by atoms with Crippen LogP contribution in [0, 0.1) is 5.41 Å². The van der Waals surface area contributed by atoms with Crippen LogP contribution in [0.15, 0.2) is 4.99 Å². The Labute approximate surface area is 109 Å². The second kappa shape index (κ2) is 5.93. The number of carbonyl (C=O) groups excluding carboxylic acids is 1. The summed E-state index contributed by atoms with van der Waals surface area (Å²) in [6.07, 6.45) is 2.25. The summed E-state index contributed by atoms with van der Waals surface area (Å²) in [5.74, 6) is 0.344. The fourth-order valence-corrected chi connectivity index (χ4v) is 2.79. The minimum absolute atomic E-state index is 0.104. The van der Waals surface area contributed by atoms with E-state index in [1.807, 2.05) is 0 Å². The molecule has 2 rings (SSSR count). The van der Waals surface area contributed by atoms with Gasteiger partial charge in [0.25, 0.3) is 0 Å². The number of rotatable bonds is 3. The molecule has 1 aliphatic heterocycles. The zero-order valence-electron chi connectivity index (χ0n) is 11.6. The molecule has 102 valence electrons. The Bertz CT molecular complexity index is 331. The Morgan fingerprint density at radius 1 is 1.28 bits per heavy atom. The van der Waals surface area contributed by atoms with Gasteiger partial charge in [-0.05, 0) is 11.8 Å². The van der Waals surface area contributed by atoms with Gasteiger partial charge in [-0.25, -0.2) is 0 Å². The van der Waals surface area contributed by atoms with Crippen molar-refractivity contribution in [1.29, 1.82) is 0 Å². The lowest BCUT2D eigenvalue weighted by molar-refractivity contribution is -0.120. The summed E-state index contributed by atoms with van der Waals surface area (Å²) in [6.45, 7) is 9.80. The van der Waals surface area contributed by atoms with Crippen LogP contribution in [0.2, 0.25) is 0 Å². The Hall–Kier alpha value is -0.740. The highest BCUT2D eigenvalue weighted by Gasteiger charge is 2.30. The monoisotopic (exact) mass is 252 g/mol. The molecular formula is C14H24N2O2. The Balaban J connectivity index is 1.79. The van der Waals surface area contributed by atoms with E-state index in [9.17, 15) is 4.79 Å². The van der Waals surface area contributed by atoms with E-state index in [1.165, 1.54) is 0 Å². The van der Waals surface area contributed by atoms with Crippen LogP contribution in [0.5, 0.6) is 0 Å². The molecule has 0 spiro atoms. The molecule has 0 amide bonds. The van der Waals surface area contributed by atoms with E-state index in [2.05, 4.69) is 23.7 Å². The molecule has 1 heterocycles. The van der Waals surface area contributed by atoms with Crippen molar-refractivity contribution in [3.05, 3.63) is 0 Å². The Kier molecular flexibility index (Phi) is 4.51. The lowest BCUT2D eigenvalue weighted by Gasteiger charge is -2.30. The molecule has 2 fully saturated rings. The van der Waals surface area contributed by atoms with Crippen LogP contribution in [0.3, 0.4) is 0 Å². The standard InChI is InChI=1S/C14H24N2O2/c1-14(2)10-12(9-13(17)11-14)15-3-4-16-5-7-18-8-6-16/h3-11H2,1-2H3. The van der Waals surface area contributed by atoms with Gasteiger partial charge in [0.2, 0.25) is 0 Å². The zero-order valence-corrected chi connectivity index (χ0v) is 11.6. The molecule has 4 nitrogen and oxygen atoms in total. The average molecular weight is 252 g/mol. The highest BCUT2D eigenvalue weighted by molar-refractivity contribution is 6.04. The smallest absolute Gasteiger partial charge is 0.139 e. The fourth-order valence-electron chi connectivity index (χ4n) is 2.79. The number of ketones is 1. The van der Waals surface area contributed by atoms with Crippen LogP contribution < -0.4 is 0 Å². The van der Waals surface area contributed by atoms with E-state index >= 15 is 0 Å². The molecule has 1 aliphatic carbocycles. The number of hydrogen-bond donors (Lipinski definition) is 0. The van der Waals surface area contributed by atoms with Gasteiger partial charge in [-0.1, -0.05) is 13.8 Å². The van der Waals surface area contributed by atoms with Crippen molar-refractivity contribution < 1.29 is 9.53 Å². The SMILES string of the molecule is CC1(C)CC(=O)CC(=NCCN2CCOCC2)C1. The number of nitrogens with zero attached hydrogens (tertiary/aromatic N) is 2. The molecule has 1 saturated heterocycles. The normalized spacial score (nSPS) is 27.7. The number of hydrogen-bond acceptors (Lipinski definition) is 4. The molecule has 18 heavy (non-hydrogen) atoms. The van der Waals surface area contributed by atoms with Crippen LogP contribution >= 0.6 is 0 Å².